The maximum absolute atomic E-state index is 11.9. The molecule has 5 heteroatoms. The number of carbonyl (C=O) groups excluding carboxylic acids is 1. The lowest BCUT2D eigenvalue weighted by molar-refractivity contribution is -0.122. The molecule has 0 saturated carbocycles. The molecule has 0 fully saturated rings. The third-order valence-corrected chi connectivity index (χ3v) is 4.26. The smallest absolute Gasteiger partial charge is 0.234 e. The van der Waals surface area contributed by atoms with Crippen LogP contribution in [-0.2, 0) is 17.8 Å². The van der Waals surface area contributed by atoms with Crippen molar-refractivity contribution < 1.29 is 4.79 Å². The molecule has 1 N–H and O–H groups in total. The van der Waals surface area contributed by atoms with Crippen LogP contribution in [0.5, 0.6) is 0 Å². The van der Waals surface area contributed by atoms with Crippen molar-refractivity contribution in [2.75, 3.05) is 20.1 Å². The van der Waals surface area contributed by atoms with E-state index in [1.165, 1.54) is 10.4 Å². The fourth-order valence-corrected chi connectivity index (χ4v) is 3.22. The summed E-state index contributed by atoms with van der Waals surface area (Å²) < 4.78 is 0.783. The Kier molecular flexibility index (Phi) is 6.23. The van der Waals surface area contributed by atoms with Gasteiger partial charge in [-0.05, 0) is 31.2 Å². The number of carbonyl (C=O) groups is 1. The van der Waals surface area contributed by atoms with Crippen LogP contribution in [-0.4, -0.2) is 30.9 Å². The summed E-state index contributed by atoms with van der Waals surface area (Å²) in [4.78, 5) is 15.0. The van der Waals surface area contributed by atoms with Crippen LogP contribution in [0.2, 0.25) is 4.34 Å². The lowest BCUT2D eigenvalue weighted by atomic mass is 10.1. The Bertz CT molecular complexity index is 571. The molecule has 112 valence electrons. The van der Waals surface area contributed by atoms with Gasteiger partial charge in [0.2, 0.25) is 5.91 Å². The number of rotatable bonds is 7. The zero-order valence-electron chi connectivity index (χ0n) is 12.0. The van der Waals surface area contributed by atoms with Crippen molar-refractivity contribution in [3.63, 3.8) is 0 Å². The number of likely N-dealkylation sites (N-methyl/N-ethyl adjacent to an activating group) is 1. The Hall–Kier alpha value is -1.36. The van der Waals surface area contributed by atoms with Crippen molar-refractivity contribution >= 4 is 28.8 Å². The molecule has 21 heavy (non-hydrogen) atoms. The van der Waals surface area contributed by atoms with E-state index in [1.807, 2.05) is 42.3 Å². The van der Waals surface area contributed by atoms with Gasteiger partial charge in [0.15, 0.2) is 0 Å². The molecule has 0 saturated heterocycles. The zero-order valence-corrected chi connectivity index (χ0v) is 13.6. The standard InChI is InChI=1S/C16H19ClN2OS/c1-19(11-14-7-8-15(17)21-14)12-16(20)18-10-9-13-5-3-2-4-6-13/h2-8H,9-12H2,1H3,(H,18,20). The van der Waals surface area contributed by atoms with E-state index in [2.05, 4.69) is 17.4 Å². The first-order valence-corrected chi connectivity index (χ1v) is 8.06. The maximum atomic E-state index is 11.9. The van der Waals surface area contributed by atoms with Crippen molar-refractivity contribution in [1.82, 2.24) is 10.2 Å². The molecule has 0 atom stereocenters. The molecule has 1 aromatic heterocycles. The van der Waals surface area contributed by atoms with Gasteiger partial charge < -0.3 is 5.32 Å². The number of halogens is 1. The van der Waals surface area contributed by atoms with E-state index >= 15 is 0 Å². The Morgan fingerprint density at radius 2 is 2.00 bits per heavy atom. The van der Waals surface area contributed by atoms with E-state index in [0.717, 1.165) is 17.3 Å². The number of hydrogen-bond acceptors (Lipinski definition) is 3. The third-order valence-electron chi connectivity index (χ3n) is 3.05. The van der Waals surface area contributed by atoms with Gasteiger partial charge in [-0.25, -0.2) is 0 Å². The molecular weight excluding hydrogens is 304 g/mol. The lowest BCUT2D eigenvalue weighted by Crippen LogP contribution is -2.35. The molecule has 0 bridgehead atoms. The number of nitrogens with one attached hydrogen (secondary N) is 1. The van der Waals surface area contributed by atoms with Gasteiger partial charge in [0.25, 0.3) is 0 Å². The summed E-state index contributed by atoms with van der Waals surface area (Å²) in [6, 6.07) is 14.0. The van der Waals surface area contributed by atoms with Crippen molar-refractivity contribution in [2.45, 2.75) is 13.0 Å². The van der Waals surface area contributed by atoms with Crippen LogP contribution in [0, 0.1) is 0 Å². The zero-order chi connectivity index (χ0) is 15.1. The number of amides is 1. The first-order valence-electron chi connectivity index (χ1n) is 6.87. The average Bonchev–Trinajstić information content (AvgIpc) is 2.85. The Labute approximate surface area is 134 Å². The van der Waals surface area contributed by atoms with E-state index < -0.39 is 0 Å². The number of hydrogen-bond donors (Lipinski definition) is 1. The Balaban J connectivity index is 1.67. The fourth-order valence-electron chi connectivity index (χ4n) is 2.05. The molecule has 0 unspecified atom stereocenters. The van der Waals surface area contributed by atoms with Crippen LogP contribution >= 0.6 is 22.9 Å². The van der Waals surface area contributed by atoms with Crippen molar-refractivity contribution in [3.8, 4) is 0 Å². The Morgan fingerprint density at radius 1 is 1.24 bits per heavy atom. The van der Waals surface area contributed by atoms with Crippen molar-refractivity contribution in [3.05, 3.63) is 57.2 Å². The second-order valence-corrected chi connectivity index (χ2v) is 6.76. The highest BCUT2D eigenvalue weighted by Gasteiger charge is 2.08. The molecule has 3 nitrogen and oxygen atoms in total. The summed E-state index contributed by atoms with van der Waals surface area (Å²) >= 11 is 7.45. The van der Waals surface area contributed by atoms with E-state index in [9.17, 15) is 4.79 Å². The number of thiophene rings is 1. The largest absolute Gasteiger partial charge is 0.355 e. The van der Waals surface area contributed by atoms with E-state index in [1.54, 1.807) is 11.3 Å². The predicted octanol–water partition coefficient (Wildman–Crippen LogP) is 3.19. The fraction of sp³-hybridized carbons (Fsp3) is 0.312. The summed E-state index contributed by atoms with van der Waals surface area (Å²) in [5.41, 5.74) is 1.24. The molecular formula is C16H19ClN2OS. The van der Waals surface area contributed by atoms with E-state index in [-0.39, 0.29) is 5.91 Å². The van der Waals surface area contributed by atoms with E-state index in [4.69, 9.17) is 11.6 Å². The summed E-state index contributed by atoms with van der Waals surface area (Å²) in [7, 11) is 1.93. The van der Waals surface area contributed by atoms with Crippen LogP contribution < -0.4 is 5.32 Å². The molecule has 1 aromatic carbocycles. The minimum absolute atomic E-state index is 0.0519. The number of nitrogens with zero attached hydrogens (tertiary/aromatic N) is 1. The van der Waals surface area contributed by atoms with Gasteiger partial charge in [-0.15, -0.1) is 11.3 Å². The monoisotopic (exact) mass is 322 g/mol. The van der Waals surface area contributed by atoms with Gasteiger partial charge in [0.05, 0.1) is 10.9 Å². The van der Waals surface area contributed by atoms with Crippen LogP contribution in [0.15, 0.2) is 42.5 Å². The highest BCUT2D eigenvalue weighted by Crippen LogP contribution is 2.22. The molecule has 0 aliphatic carbocycles. The summed E-state index contributed by atoms with van der Waals surface area (Å²) in [5.74, 6) is 0.0519. The molecule has 2 aromatic rings. The molecule has 0 spiro atoms. The Morgan fingerprint density at radius 3 is 2.67 bits per heavy atom. The van der Waals surface area contributed by atoms with Gasteiger partial charge in [-0.3, -0.25) is 9.69 Å². The molecule has 0 radical (unpaired) electrons. The summed E-state index contributed by atoms with van der Waals surface area (Å²) in [6.45, 7) is 1.80. The molecule has 2 rings (SSSR count). The van der Waals surface area contributed by atoms with Gasteiger partial charge in [0.1, 0.15) is 0 Å². The van der Waals surface area contributed by atoms with Crippen LogP contribution in [0.1, 0.15) is 10.4 Å². The molecule has 1 heterocycles. The predicted molar refractivity (Wildman–Crippen MR) is 88.8 cm³/mol. The van der Waals surface area contributed by atoms with Gasteiger partial charge in [-0.2, -0.15) is 0 Å². The summed E-state index contributed by atoms with van der Waals surface area (Å²) in [5, 5.41) is 2.95. The van der Waals surface area contributed by atoms with Crippen LogP contribution in [0.4, 0.5) is 0 Å². The quantitative estimate of drug-likeness (QED) is 0.849. The second kappa shape index (κ2) is 8.17. The first kappa shape index (κ1) is 16.0. The molecule has 0 aliphatic rings. The maximum Gasteiger partial charge on any atom is 0.234 e. The summed E-state index contributed by atoms with van der Waals surface area (Å²) in [6.07, 6.45) is 0.858. The minimum atomic E-state index is 0.0519. The minimum Gasteiger partial charge on any atom is -0.355 e. The average molecular weight is 323 g/mol. The highest BCUT2D eigenvalue weighted by atomic mass is 35.5. The van der Waals surface area contributed by atoms with Gasteiger partial charge in [-0.1, -0.05) is 41.9 Å². The van der Waals surface area contributed by atoms with Crippen LogP contribution in [0.3, 0.4) is 0 Å². The van der Waals surface area contributed by atoms with E-state index in [0.29, 0.717) is 13.1 Å². The van der Waals surface area contributed by atoms with Gasteiger partial charge >= 0.3 is 0 Å². The molecule has 0 aliphatic heterocycles. The molecule has 1 amide bonds. The van der Waals surface area contributed by atoms with Gasteiger partial charge in [0, 0.05) is 18.0 Å². The number of benzene rings is 1. The lowest BCUT2D eigenvalue weighted by Gasteiger charge is -2.15. The van der Waals surface area contributed by atoms with Crippen LogP contribution in [0.25, 0.3) is 0 Å². The highest BCUT2D eigenvalue weighted by molar-refractivity contribution is 7.16. The second-order valence-electron chi connectivity index (χ2n) is 4.96. The van der Waals surface area contributed by atoms with Crippen molar-refractivity contribution in [2.24, 2.45) is 0 Å². The SMILES string of the molecule is CN(CC(=O)NCCc1ccccc1)Cc1ccc(Cl)s1. The first-order chi connectivity index (χ1) is 10.1. The topological polar surface area (TPSA) is 32.3 Å². The third kappa shape index (κ3) is 5.87. The normalized spacial score (nSPS) is 10.8. The van der Waals surface area contributed by atoms with Crippen molar-refractivity contribution in [1.29, 1.82) is 0 Å².